The average molecular weight is 405 g/mol. The van der Waals surface area contributed by atoms with Crippen molar-refractivity contribution in [2.24, 2.45) is 7.05 Å². The fourth-order valence-corrected chi connectivity index (χ4v) is 5.38. The second-order valence-electron chi connectivity index (χ2n) is 8.32. The van der Waals surface area contributed by atoms with Gasteiger partial charge in [0.25, 0.3) is 0 Å². The highest BCUT2D eigenvalue weighted by molar-refractivity contribution is 6.30. The number of ether oxygens (including phenoxy) is 2. The van der Waals surface area contributed by atoms with Crippen molar-refractivity contribution in [1.29, 1.82) is 0 Å². The Morgan fingerprint density at radius 2 is 2.04 bits per heavy atom. The summed E-state index contributed by atoms with van der Waals surface area (Å²) >= 11 is 6.42. The van der Waals surface area contributed by atoms with Crippen molar-refractivity contribution in [3.63, 3.8) is 0 Å². The number of imidazole rings is 1. The van der Waals surface area contributed by atoms with Crippen molar-refractivity contribution < 1.29 is 9.47 Å². The van der Waals surface area contributed by atoms with E-state index in [2.05, 4.69) is 31.3 Å². The van der Waals surface area contributed by atoms with Crippen LogP contribution in [0, 0.1) is 0 Å². The molecule has 0 aliphatic carbocycles. The first-order valence-corrected chi connectivity index (χ1v) is 10.5. The summed E-state index contributed by atoms with van der Waals surface area (Å²) in [6.45, 7) is 7.29. The number of pyridine rings is 1. The van der Waals surface area contributed by atoms with E-state index in [1.54, 1.807) is 0 Å². The molecule has 1 unspecified atom stereocenters. The summed E-state index contributed by atoms with van der Waals surface area (Å²) in [6.07, 6.45) is 1.38. The molecule has 8 nitrogen and oxygen atoms in total. The second kappa shape index (κ2) is 6.45. The summed E-state index contributed by atoms with van der Waals surface area (Å²) in [7, 11) is 2.08. The number of morpholine rings is 2. The molecule has 0 aromatic carbocycles. The maximum atomic E-state index is 6.42. The predicted octanol–water partition coefficient (Wildman–Crippen LogP) is 1.12. The summed E-state index contributed by atoms with van der Waals surface area (Å²) in [5.41, 5.74) is 1.98. The van der Waals surface area contributed by atoms with E-state index in [0.29, 0.717) is 23.3 Å². The van der Waals surface area contributed by atoms with Crippen LogP contribution < -0.4 is 9.80 Å². The van der Waals surface area contributed by atoms with Gasteiger partial charge in [-0.15, -0.1) is 0 Å². The van der Waals surface area contributed by atoms with Crippen LogP contribution in [0.15, 0.2) is 6.07 Å². The van der Waals surface area contributed by atoms with Gasteiger partial charge in [0, 0.05) is 45.8 Å². The van der Waals surface area contributed by atoms with E-state index in [1.165, 1.54) is 0 Å². The van der Waals surface area contributed by atoms with E-state index in [-0.39, 0.29) is 0 Å². The molecule has 0 spiro atoms. The molecule has 9 heteroatoms. The highest BCUT2D eigenvalue weighted by Gasteiger charge is 2.41. The number of aromatic nitrogens is 3. The lowest BCUT2D eigenvalue weighted by atomic mass is 10.1. The Kier molecular flexibility index (Phi) is 3.98. The molecule has 2 aromatic heterocycles. The van der Waals surface area contributed by atoms with Gasteiger partial charge in [-0.05, 0) is 6.42 Å². The first-order valence-electron chi connectivity index (χ1n) is 10.2. The van der Waals surface area contributed by atoms with E-state index in [9.17, 15) is 0 Å². The van der Waals surface area contributed by atoms with E-state index < -0.39 is 0 Å². The van der Waals surface area contributed by atoms with Gasteiger partial charge < -0.3 is 23.8 Å². The standard InChI is InChI=1S/C19H25ClN6O2/c1-23-15-7-16(20)21-18(26-9-14-6-12(26)11-28-14)17(15)22-19(23)25-3-2-24-4-5-27-10-13(24)8-25/h7,12-14H,2-6,8-11H2,1H3/t12-,13?,14-/m1/s1. The number of hydrogen-bond acceptors (Lipinski definition) is 7. The highest BCUT2D eigenvalue weighted by atomic mass is 35.5. The minimum atomic E-state index is 0.309. The quantitative estimate of drug-likeness (QED) is 0.695. The number of nitrogens with zero attached hydrogens (tertiary/aromatic N) is 6. The normalized spacial score (nSPS) is 30.4. The van der Waals surface area contributed by atoms with Gasteiger partial charge in [-0.1, -0.05) is 11.6 Å². The van der Waals surface area contributed by atoms with Gasteiger partial charge in [-0.25, -0.2) is 9.97 Å². The molecule has 3 atom stereocenters. The largest absolute Gasteiger partial charge is 0.378 e. The van der Waals surface area contributed by atoms with Crippen LogP contribution in [0.1, 0.15) is 6.42 Å². The summed E-state index contributed by atoms with van der Waals surface area (Å²) in [5, 5.41) is 0.520. The van der Waals surface area contributed by atoms with Crippen LogP contribution in [0.5, 0.6) is 0 Å². The number of rotatable bonds is 2. The first-order chi connectivity index (χ1) is 13.7. The molecule has 4 aliphatic rings. The Balaban J connectivity index is 1.38. The SMILES string of the molecule is Cn1c(N2CCN3CCOCC3C2)nc2c(N3C[C@H]4C[C@@H]3CO4)nc(Cl)cc21. The number of halogens is 1. The minimum absolute atomic E-state index is 0.309. The number of fused-ring (bicyclic) bond motifs is 4. The third-order valence-electron chi connectivity index (χ3n) is 6.69. The van der Waals surface area contributed by atoms with E-state index in [1.807, 2.05) is 6.07 Å². The summed E-state index contributed by atoms with van der Waals surface area (Å²) in [4.78, 5) is 17.0. The van der Waals surface area contributed by atoms with Crippen molar-refractivity contribution in [3.05, 3.63) is 11.2 Å². The number of anilines is 2. The van der Waals surface area contributed by atoms with Crippen LogP contribution in [-0.4, -0.2) is 90.2 Å². The van der Waals surface area contributed by atoms with Gasteiger partial charge in [0.1, 0.15) is 10.7 Å². The molecule has 4 aliphatic heterocycles. The fraction of sp³-hybridized carbons (Fsp3) is 0.684. The summed E-state index contributed by atoms with van der Waals surface area (Å²) in [6, 6.07) is 2.75. The maximum Gasteiger partial charge on any atom is 0.206 e. The topological polar surface area (TPSA) is 58.9 Å². The zero-order chi connectivity index (χ0) is 18.8. The molecule has 2 aromatic rings. The third kappa shape index (κ3) is 2.62. The van der Waals surface area contributed by atoms with Crippen LogP contribution in [-0.2, 0) is 16.5 Å². The third-order valence-corrected chi connectivity index (χ3v) is 6.88. The monoisotopic (exact) mass is 404 g/mol. The highest BCUT2D eigenvalue weighted by Crippen LogP contribution is 2.37. The fourth-order valence-electron chi connectivity index (χ4n) is 5.20. The molecule has 0 saturated carbocycles. The van der Waals surface area contributed by atoms with Gasteiger partial charge in [-0.2, -0.15) is 0 Å². The van der Waals surface area contributed by atoms with E-state index in [4.69, 9.17) is 26.1 Å². The summed E-state index contributed by atoms with van der Waals surface area (Å²) < 4.78 is 13.6. The zero-order valence-electron chi connectivity index (χ0n) is 16.1. The molecule has 4 fully saturated rings. The molecular weight excluding hydrogens is 380 g/mol. The molecule has 4 saturated heterocycles. The van der Waals surface area contributed by atoms with Crippen molar-refractivity contribution in [2.45, 2.75) is 24.6 Å². The van der Waals surface area contributed by atoms with Gasteiger partial charge in [0.2, 0.25) is 5.95 Å². The Morgan fingerprint density at radius 1 is 1.11 bits per heavy atom. The van der Waals surface area contributed by atoms with Crippen molar-refractivity contribution in [1.82, 2.24) is 19.4 Å². The maximum absolute atomic E-state index is 6.42. The molecular formula is C19H25ClN6O2. The van der Waals surface area contributed by atoms with Crippen LogP contribution in [0.25, 0.3) is 11.0 Å². The Bertz CT molecular complexity index is 919. The molecule has 6 rings (SSSR count). The molecule has 0 N–H and O–H groups in total. The van der Waals surface area contributed by atoms with Gasteiger partial charge in [-0.3, -0.25) is 4.90 Å². The van der Waals surface area contributed by atoms with Crippen molar-refractivity contribution >= 4 is 34.4 Å². The minimum Gasteiger partial charge on any atom is -0.378 e. The van der Waals surface area contributed by atoms with Crippen LogP contribution in [0.2, 0.25) is 5.15 Å². The Hall–Kier alpha value is -1.61. The van der Waals surface area contributed by atoms with Crippen LogP contribution >= 0.6 is 11.6 Å². The van der Waals surface area contributed by atoms with Gasteiger partial charge in [0.15, 0.2) is 5.82 Å². The molecule has 0 amide bonds. The van der Waals surface area contributed by atoms with Crippen molar-refractivity contribution in [3.8, 4) is 0 Å². The summed E-state index contributed by atoms with van der Waals surface area (Å²) in [5.74, 6) is 1.89. The molecule has 28 heavy (non-hydrogen) atoms. The predicted molar refractivity (Wildman–Crippen MR) is 107 cm³/mol. The zero-order valence-corrected chi connectivity index (χ0v) is 16.8. The second-order valence-corrected chi connectivity index (χ2v) is 8.70. The molecule has 6 heterocycles. The number of aryl methyl sites for hydroxylation is 1. The molecule has 150 valence electrons. The lowest BCUT2D eigenvalue weighted by Gasteiger charge is -2.43. The van der Waals surface area contributed by atoms with Gasteiger partial charge >= 0.3 is 0 Å². The van der Waals surface area contributed by atoms with Crippen LogP contribution in [0.4, 0.5) is 11.8 Å². The smallest absolute Gasteiger partial charge is 0.206 e. The van der Waals surface area contributed by atoms with Crippen LogP contribution in [0.3, 0.4) is 0 Å². The Labute approximate surface area is 169 Å². The molecule has 0 radical (unpaired) electrons. The first kappa shape index (κ1) is 17.3. The average Bonchev–Trinajstić information content (AvgIpc) is 3.42. The number of piperazine rings is 1. The lowest BCUT2D eigenvalue weighted by Crippen LogP contribution is -2.58. The lowest BCUT2D eigenvalue weighted by molar-refractivity contribution is -0.0119. The Morgan fingerprint density at radius 3 is 2.86 bits per heavy atom. The van der Waals surface area contributed by atoms with E-state index in [0.717, 1.165) is 81.8 Å². The van der Waals surface area contributed by atoms with Crippen molar-refractivity contribution in [2.75, 3.05) is 62.3 Å². The van der Waals surface area contributed by atoms with Gasteiger partial charge in [0.05, 0.1) is 43.5 Å². The van der Waals surface area contributed by atoms with E-state index >= 15 is 0 Å². The number of hydrogen-bond donors (Lipinski definition) is 0. The molecule has 2 bridgehead atoms.